The number of carbonyl (C=O) groups excluding carboxylic acids is 1. The predicted molar refractivity (Wildman–Crippen MR) is 53.7 cm³/mol. The van der Waals surface area contributed by atoms with Gasteiger partial charge in [0.25, 0.3) is 0 Å². The number of rotatable bonds is 3. The number of hydrogen-bond donors (Lipinski definition) is 3. The van der Waals surface area contributed by atoms with Gasteiger partial charge in [-0.25, -0.2) is 9.97 Å². The number of nitrogens with zero attached hydrogens (tertiary/aromatic N) is 2. The summed E-state index contributed by atoms with van der Waals surface area (Å²) >= 11 is 5.64. The number of aromatic nitrogens is 2. The van der Waals surface area contributed by atoms with Crippen molar-refractivity contribution in [2.24, 2.45) is 5.73 Å². The Hall–Kier alpha value is -1.56. The normalized spacial score (nSPS) is 12.1. The van der Waals surface area contributed by atoms with Crippen molar-refractivity contribution in [3.8, 4) is 0 Å². The topological polar surface area (TPSA) is 107 Å². The van der Waals surface area contributed by atoms with Crippen molar-refractivity contribution in [1.29, 1.82) is 0 Å². The molecule has 76 valence electrons. The molecule has 1 aromatic heterocycles. The molecule has 1 heterocycles. The summed E-state index contributed by atoms with van der Waals surface area (Å²) in [4.78, 5) is 18.2. The van der Waals surface area contributed by atoms with Crippen LogP contribution >= 0.6 is 11.6 Å². The van der Waals surface area contributed by atoms with E-state index in [4.69, 9.17) is 23.1 Å². The van der Waals surface area contributed by atoms with Crippen molar-refractivity contribution >= 4 is 29.0 Å². The van der Waals surface area contributed by atoms with Gasteiger partial charge >= 0.3 is 0 Å². The molecule has 0 radical (unpaired) electrons. The first-order chi connectivity index (χ1) is 6.52. The fourth-order valence-electron chi connectivity index (χ4n) is 0.765. The Labute approximate surface area is 85.7 Å². The minimum atomic E-state index is -0.566. The Morgan fingerprint density at radius 2 is 2.29 bits per heavy atom. The van der Waals surface area contributed by atoms with Crippen LogP contribution in [0.2, 0.25) is 5.15 Å². The maximum Gasteiger partial charge on any atom is 0.239 e. The van der Waals surface area contributed by atoms with Crippen LogP contribution in [0, 0.1) is 0 Å². The number of nitrogen functional groups attached to an aromatic ring is 1. The standard InChI is InChI=1S/C7H10ClN5O/c1-3(6(10)14)13-7-4(9)5(8)11-2-12-7/h2-3H,9H2,1H3,(H2,10,14)(H,11,12,13). The summed E-state index contributed by atoms with van der Waals surface area (Å²) in [5, 5.41) is 2.85. The van der Waals surface area contributed by atoms with Crippen LogP contribution in [0.25, 0.3) is 0 Å². The number of hydrogen-bond acceptors (Lipinski definition) is 5. The molecule has 14 heavy (non-hydrogen) atoms. The van der Waals surface area contributed by atoms with Crippen LogP contribution in [0.15, 0.2) is 6.33 Å². The van der Waals surface area contributed by atoms with Crippen molar-refractivity contribution in [2.75, 3.05) is 11.1 Å². The molecule has 1 rings (SSSR count). The number of amides is 1. The highest BCUT2D eigenvalue weighted by Gasteiger charge is 2.12. The van der Waals surface area contributed by atoms with Crippen molar-refractivity contribution in [2.45, 2.75) is 13.0 Å². The van der Waals surface area contributed by atoms with E-state index in [9.17, 15) is 4.79 Å². The molecule has 0 spiro atoms. The van der Waals surface area contributed by atoms with E-state index in [1.165, 1.54) is 6.33 Å². The van der Waals surface area contributed by atoms with Crippen LogP contribution in [-0.2, 0) is 4.79 Å². The van der Waals surface area contributed by atoms with Crippen LogP contribution in [0.5, 0.6) is 0 Å². The third kappa shape index (κ3) is 2.23. The lowest BCUT2D eigenvalue weighted by atomic mass is 10.3. The van der Waals surface area contributed by atoms with Gasteiger partial charge in [0.2, 0.25) is 5.91 Å². The fourth-order valence-corrected chi connectivity index (χ4v) is 0.898. The molecule has 0 aromatic carbocycles. The summed E-state index contributed by atoms with van der Waals surface area (Å²) in [6.07, 6.45) is 1.24. The molecule has 0 aliphatic carbocycles. The van der Waals surface area contributed by atoms with Crippen LogP contribution in [0.1, 0.15) is 6.92 Å². The van der Waals surface area contributed by atoms with Gasteiger partial charge < -0.3 is 16.8 Å². The van der Waals surface area contributed by atoms with E-state index < -0.39 is 11.9 Å². The van der Waals surface area contributed by atoms with E-state index in [2.05, 4.69) is 15.3 Å². The maximum absolute atomic E-state index is 10.7. The number of carbonyl (C=O) groups is 1. The monoisotopic (exact) mass is 215 g/mol. The van der Waals surface area contributed by atoms with E-state index in [0.29, 0.717) is 5.82 Å². The smallest absolute Gasteiger partial charge is 0.239 e. The molecule has 0 saturated heterocycles. The quantitative estimate of drug-likeness (QED) is 0.615. The Balaban J connectivity index is 2.87. The van der Waals surface area contributed by atoms with Crippen LogP contribution < -0.4 is 16.8 Å². The van der Waals surface area contributed by atoms with Gasteiger partial charge in [-0.15, -0.1) is 0 Å². The largest absolute Gasteiger partial charge is 0.393 e. The number of halogens is 1. The summed E-state index contributed by atoms with van der Waals surface area (Å²) in [5.41, 5.74) is 10.8. The molecular formula is C7H10ClN5O. The Bertz CT molecular complexity index is 356. The molecule has 1 aromatic rings. The molecule has 1 amide bonds. The molecular weight excluding hydrogens is 206 g/mol. The van der Waals surface area contributed by atoms with Crippen molar-refractivity contribution in [1.82, 2.24) is 9.97 Å². The predicted octanol–water partition coefficient (Wildman–Crippen LogP) is -0.00210. The summed E-state index contributed by atoms with van der Waals surface area (Å²) in [7, 11) is 0. The molecule has 1 unspecified atom stereocenters. The number of anilines is 2. The lowest BCUT2D eigenvalue weighted by Gasteiger charge is -2.12. The molecule has 6 nitrogen and oxygen atoms in total. The molecule has 0 aliphatic heterocycles. The molecule has 5 N–H and O–H groups in total. The average molecular weight is 216 g/mol. The minimum Gasteiger partial charge on any atom is -0.393 e. The lowest BCUT2D eigenvalue weighted by Crippen LogP contribution is -2.33. The highest BCUT2D eigenvalue weighted by molar-refractivity contribution is 6.32. The molecule has 1 atom stereocenters. The second-order valence-corrected chi connectivity index (χ2v) is 3.05. The van der Waals surface area contributed by atoms with Crippen molar-refractivity contribution in [3.05, 3.63) is 11.5 Å². The Kier molecular flexibility index (Phi) is 3.08. The van der Waals surface area contributed by atoms with Crippen LogP contribution in [0.4, 0.5) is 11.5 Å². The van der Waals surface area contributed by atoms with Gasteiger partial charge in [0.1, 0.15) is 18.1 Å². The molecule has 0 bridgehead atoms. The first-order valence-corrected chi connectivity index (χ1v) is 4.22. The zero-order valence-electron chi connectivity index (χ0n) is 7.49. The number of primary amides is 1. The highest BCUT2D eigenvalue weighted by atomic mass is 35.5. The van der Waals surface area contributed by atoms with Crippen molar-refractivity contribution < 1.29 is 4.79 Å². The van der Waals surface area contributed by atoms with E-state index in [-0.39, 0.29) is 10.8 Å². The van der Waals surface area contributed by atoms with Gasteiger partial charge in [-0.3, -0.25) is 4.79 Å². The molecule has 0 saturated carbocycles. The number of nitrogens with two attached hydrogens (primary N) is 2. The van der Waals surface area contributed by atoms with Gasteiger partial charge in [-0.2, -0.15) is 0 Å². The zero-order chi connectivity index (χ0) is 10.7. The van der Waals surface area contributed by atoms with Gasteiger partial charge in [-0.05, 0) is 6.92 Å². The Morgan fingerprint density at radius 3 is 2.86 bits per heavy atom. The second kappa shape index (κ2) is 4.10. The molecule has 7 heteroatoms. The van der Waals surface area contributed by atoms with Crippen LogP contribution in [0.3, 0.4) is 0 Å². The molecule has 0 aliphatic rings. The summed E-state index contributed by atoms with van der Waals surface area (Å²) in [5.74, 6) is -0.199. The summed E-state index contributed by atoms with van der Waals surface area (Å²) in [6, 6.07) is -0.566. The SMILES string of the molecule is CC(Nc1ncnc(Cl)c1N)C(N)=O. The lowest BCUT2D eigenvalue weighted by molar-refractivity contribution is -0.118. The first kappa shape index (κ1) is 10.5. The van der Waals surface area contributed by atoms with Crippen molar-refractivity contribution in [3.63, 3.8) is 0 Å². The van der Waals surface area contributed by atoms with Gasteiger partial charge in [-0.1, -0.05) is 11.6 Å². The number of nitrogens with one attached hydrogen (secondary N) is 1. The third-order valence-corrected chi connectivity index (χ3v) is 1.92. The van der Waals surface area contributed by atoms with Gasteiger partial charge in [0.15, 0.2) is 11.0 Å². The van der Waals surface area contributed by atoms with E-state index in [1.807, 2.05) is 0 Å². The second-order valence-electron chi connectivity index (χ2n) is 2.70. The average Bonchev–Trinajstić information content (AvgIpc) is 2.12. The minimum absolute atomic E-state index is 0.138. The van der Waals surface area contributed by atoms with Gasteiger partial charge in [0.05, 0.1) is 0 Å². The fraction of sp³-hybridized carbons (Fsp3) is 0.286. The zero-order valence-corrected chi connectivity index (χ0v) is 8.25. The van der Waals surface area contributed by atoms with E-state index in [1.54, 1.807) is 6.92 Å². The van der Waals surface area contributed by atoms with Crippen LogP contribution in [-0.4, -0.2) is 21.9 Å². The third-order valence-electron chi connectivity index (χ3n) is 1.62. The van der Waals surface area contributed by atoms with E-state index >= 15 is 0 Å². The Morgan fingerprint density at radius 1 is 1.64 bits per heavy atom. The maximum atomic E-state index is 10.7. The highest BCUT2D eigenvalue weighted by Crippen LogP contribution is 2.22. The molecule has 0 fully saturated rings. The summed E-state index contributed by atoms with van der Waals surface area (Å²) in [6.45, 7) is 1.60. The van der Waals surface area contributed by atoms with Gasteiger partial charge in [0, 0.05) is 0 Å². The first-order valence-electron chi connectivity index (χ1n) is 3.84. The summed E-state index contributed by atoms with van der Waals surface area (Å²) < 4.78 is 0. The van der Waals surface area contributed by atoms with E-state index in [0.717, 1.165) is 0 Å².